The van der Waals surface area contributed by atoms with Crippen molar-refractivity contribution in [3.63, 3.8) is 0 Å². The summed E-state index contributed by atoms with van der Waals surface area (Å²) in [4.78, 5) is 43.9. The minimum Gasteiger partial charge on any atom is -0.493 e. The standard InChI is InChI=1S/C30H28ClN3O5S/c1-38-26-17-21(11-12-25(26)39-20-22-7-5-6-10-24(22)31)18-27-29(36)34(30(37)40-27)19-28(35)33-15-13-32(14-16-33)23-8-3-2-4-9-23/h2-12,17-18H,13-16,19-20H2,1H3/b27-18+. The van der Waals surface area contributed by atoms with Gasteiger partial charge in [-0.15, -0.1) is 0 Å². The number of amides is 3. The zero-order valence-corrected chi connectivity index (χ0v) is 23.5. The molecule has 0 spiro atoms. The molecule has 2 saturated heterocycles. The molecule has 0 saturated carbocycles. The molecule has 40 heavy (non-hydrogen) atoms. The van der Waals surface area contributed by atoms with Gasteiger partial charge in [-0.25, -0.2) is 0 Å². The third kappa shape index (κ3) is 6.26. The average molecular weight is 578 g/mol. The molecule has 2 fully saturated rings. The molecule has 5 rings (SSSR count). The minimum absolute atomic E-state index is 0.238. The maximum atomic E-state index is 13.1. The fourth-order valence-corrected chi connectivity index (χ4v) is 5.57. The van der Waals surface area contributed by atoms with Crippen molar-refractivity contribution in [1.82, 2.24) is 9.80 Å². The lowest BCUT2D eigenvalue weighted by molar-refractivity contribution is -0.136. The van der Waals surface area contributed by atoms with Crippen LogP contribution in [0.4, 0.5) is 10.5 Å². The fourth-order valence-electron chi connectivity index (χ4n) is 4.54. The third-order valence-electron chi connectivity index (χ3n) is 6.75. The van der Waals surface area contributed by atoms with Crippen molar-refractivity contribution in [2.45, 2.75) is 6.61 Å². The topological polar surface area (TPSA) is 79.4 Å². The number of methoxy groups -OCH3 is 1. The highest BCUT2D eigenvalue weighted by atomic mass is 35.5. The van der Waals surface area contributed by atoms with Crippen molar-refractivity contribution < 1.29 is 23.9 Å². The van der Waals surface area contributed by atoms with Gasteiger partial charge in [0.1, 0.15) is 13.2 Å². The van der Waals surface area contributed by atoms with Gasteiger partial charge in [0.15, 0.2) is 11.5 Å². The van der Waals surface area contributed by atoms with Crippen molar-refractivity contribution in [2.24, 2.45) is 0 Å². The Bertz CT molecular complexity index is 1440. The van der Waals surface area contributed by atoms with Crippen LogP contribution in [-0.4, -0.2) is 66.7 Å². The van der Waals surface area contributed by atoms with Gasteiger partial charge in [0.2, 0.25) is 5.91 Å². The van der Waals surface area contributed by atoms with Crippen LogP contribution in [0.3, 0.4) is 0 Å². The number of imide groups is 1. The van der Waals surface area contributed by atoms with E-state index in [-0.39, 0.29) is 24.0 Å². The van der Waals surface area contributed by atoms with Crippen molar-refractivity contribution >= 4 is 52.2 Å². The summed E-state index contributed by atoms with van der Waals surface area (Å²) in [6.07, 6.45) is 1.62. The molecule has 10 heteroatoms. The summed E-state index contributed by atoms with van der Waals surface area (Å²) < 4.78 is 11.4. The molecular formula is C30H28ClN3O5S. The van der Waals surface area contributed by atoms with Gasteiger partial charge in [-0.2, -0.15) is 0 Å². The number of piperazine rings is 1. The summed E-state index contributed by atoms with van der Waals surface area (Å²) in [5, 5.41) is 0.154. The fraction of sp³-hybridized carbons (Fsp3) is 0.233. The largest absolute Gasteiger partial charge is 0.493 e. The number of nitrogens with zero attached hydrogens (tertiary/aromatic N) is 3. The van der Waals surface area contributed by atoms with E-state index in [9.17, 15) is 14.4 Å². The molecule has 0 aromatic heterocycles. The second-order valence-electron chi connectivity index (χ2n) is 9.26. The number of thioether (sulfide) groups is 1. The molecule has 0 radical (unpaired) electrons. The quantitative estimate of drug-likeness (QED) is 0.336. The second-order valence-corrected chi connectivity index (χ2v) is 10.7. The van der Waals surface area contributed by atoms with Crippen LogP contribution in [0, 0.1) is 0 Å². The highest BCUT2D eigenvalue weighted by molar-refractivity contribution is 8.18. The molecule has 0 aliphatic carbocycles. The van der Waals surface area contributed by atoms with Crippen LogP contribution in [0.5, 0.6) is 11.5 Å². The maximum absolute atomic E-state index is 13.1. The number of para-hydroxylation sites is 1. The maximum Gasteiger partial charge on any atom is 0.294 e. The van der Waals surface area contributed by atoms with E-state index in [4.69, 9.17) is 21.1 Å². The van der Waals surface area contributed by atoms with Crippen LogP contribution < -0.4 is 14.4 Å². The molecule has 8 nitrogen and oxygen atoms in total. The number of benzene rings is 3. The van der Waals surface area contributed by atoms with E-state index < -0.39 is 11.1 Å². The zero-order chi connectivity index (χ0) is 28.1. The summed E-state index contributed by atoms with van der Waals surface area (Å²) in [7, 11) is 1.53. The van der Waals surface area contributed by atoms with Crippen LogP contribution in [-0.2, 0) is 16.2 Å². The van der Waals surface area contributed by atoms with Crippen LogP contribution in [0.25, 0.3) is 6.08 Å². The number of hydrogen-bond acceptors (Lipinski definition) is 7. The zero-order valence-electron chi connectivity index (χ0n) is 21.9. The molecule has 0 atom stereocenters. The van der Waals surface area contributed by atoms with E-state index in [1.54, 1.807) is 35.2 Å². The summed E-state index contributed by atoms with van der Waals surface area (Å²) in [5.41, 5.74) is 2.62. The van der Waals surface area contributed by atoms with Gasteiger partial charge in [0.25, 0.3) is 11.1 Å². The molecule has 3 amide bonds. The highest BCUT2D eigenvalue weighted by Crippen LogP contribution is 2.35. The molecule has 3 aromatic carbocycles. The first-order chi connectivity index (χ1) is 19.4. The predicted molar refractivity (Wildman–Crippen MR) is 157 cm³/mol. The monoisotopic (exact) mass is 577 g/mol. The number of rotatable bonds is 8. The lowest BCUT2D eigenvalue weighted by Crippen LogP contribution is -2.51. The van der Waals surface area contributed by atoms with Gasteiger partial charge in [-0.1, -0.05) is 54.1 Å². The smallest absolute Gasteiger partial charge is 0.294 e. The van der Waals surface area contributed by atoms with Crippen molar-refractivity contribution in [2.75, 3.05) is 44.7 Å². The lowest BCUT2D eigenvalue weighted by Gasteiger charge is -2.36. The van der Waals surface area contributed by atoms with Crippen LogP contribution >= 0.6 is 23.4 Å². The van der Waals surface area contributed by atoms with E-state index in [2.05, 4.69) is 4.90 Å². The van der Waals surface area contributed by atoms with Crippen LogP contribution in [0.2, 0.25) is 5.02 Å². The summed E-state index contributed by atoms with van der Waals surface area (Å²) in [5.74, 6) is 0.276. The molecule has 0 N–H and O–H groups in total. The molecule has 3 aromatic rings. The summed E-state index contributed by atoms with van der Waals surface area (Å²) >= 11 is 7.04. The SMILES string of the molecule is COc1cc(/C=C2/SC(=O)N(CC(=O)N3CCN(c4ccccc4)CC3)C2=O)ccc1OCc1ccccc1Cl. The number of carbonyl (C=O) groups excluding carboxylic acids is 3. The van der Waals surface area contributed by atoms with E-state index in [0.717, 1.165) is 27.9 Å². The molecule has 2 aliphatic heterocycles. The van der Waals surface area contributed by atoms with Gasteiger partial charge < -0.3 is 19.3 Å². The Morgan fingerprint density at radius 2 is 1.68 bits per heavy atom. The van der Waals surface area contributed by atoms with E-state index in [0.29, 0.717) is 48.3 Å². The van der Waals surface area contributed by atoms with E-state index >= 15 is 0 Å². The number of hydrogen-bond donors (Lipinski definition) is 0. The Kier molecular flexibility index (Phi) is 8.62. The number of halogens is 1. The molecule has 0 bridgehead atoms. The summed E-state index contributed by atoms with van der Waals surface area (Å²) in [6.45, 7) is 2.44. The first-order valence-electron chi connectivity index (χ1n) is 12.8. The number of ether oxygens (including phenoxy) is 2. The molecule has 2 heterocycles. The van der Waals surface area contributed by atoms with E-state index in [1.807, 2.05) is 48.5 Å². The van der Waals surface area contributed by atoms with Gasteiger partial charge in [-0.05, 0) is 53.7 Å². The number of carbonyl (C=O) groups is 3. The van der Waals surface area contributed by atoms with Crippen LogP contribution in [0.15, 0.2) is 77.7 Å². The van der Waals surface area contributed by atoms with Gasteiger partial charge in [-0.3, -0.25) is 19.3 Å². The third-order valence-corrected chi connectivity index (χ3v) is 8.02. The van der Waals surface area contributed by atoms with Gasteiger partial charge >= 0.3 is 0 Å². The molecule has 206 valence electrons. The van der Waals surface area contributed by atoms with Crippen molar-refractivity contribution in [3.05, 3.63) is 93.9 Å². The Labute approximate surface area is 242 Å². The molecular weight excluding hydrogens is 550 g/mol. The minimum atomic E-state index is -0.482. The highest BCUT2D eigenvalue weighted by Gasteiger charge is 2.37. The summed E-state index contributed by atoms with van der Waals surface area (Å²) in [6, 6.07) is 22.7. The lowest BCUT2D eigenvalue weighted by atomic mass is 10.1. The predicted octanol–water partition coefficient (Wildman–Crippen LogP) is 5.31. The van der Waals surface area contributed by atoms with Gasteiger partial charge in [0, 0.05) is 42.5 Å². The number of anilines is 1. The first kappa shape index (κ1) is 27.6. The van der Waals surface area contributed by atoms with Crippen LogP contribution in [0.1, 0.15) is 11.1 Å². The molecule has 2 aliphatic rings. The Morgan fingerprint density at radius 3 is 2.40 bits per heavy atom. The van der Waals surface area contributed by atoms with Crippen molar-refractivity contribution in [3.8, 4) is 11.5 Å². The normalized spacial score (nSPS) is 16.6. The van der Waals surface area contributed by atoms with Gasteiger partial charge in [0.05, 0.1) is 12.0 Å². The average Bonchev–Trinajstić information content (AvgIpc) is 3.24. The van der Waals surface area contributed by atoms with Crippen molar-refractivity contribution in [1.29, 1.82) is 0 Å². The Morgan fingerprint density at radius 1 is 0.950 bits per heavy atom. The first-order valence-corrected chi connectivity index (χ1v) is 14.0. The second kappa shape index (κ2) is 12.5. The van der Waals surface area contributed by atoms with E-state index in [1.165, 1.54) is 7.11 Å². The Balaban J connectivity index is 1.20. The molecule has 0 unspecified atom stereocenters. The Hall–Kier alpha value is -3.95.